The Balaban J connectivity index is 1.24. The fourth-order valence-corrected chi connectivity index (χ4v) is 6.84. The zero-order valence-corrected chi connectivity index (χ0v) is 23.5. The van der Waals surface area contributed by atoms with Gasteiger partial charge in [-0.05, 0) is 86.0 Å². The molecule has 40 heavy (non-hydrogen) atoms. The summed E-state index contributed by atoms with van der Waals surface area (Å²) in [4.78, 5) is 21.1. The average molecular weight is 578 g/mol. The molecule has 0 bridgehead atoms. The number of aryl methyl sites for hydroxylation is 2. The highest BCUT2D eigenvalue weighted by Gasteiger charge is 2.28. The van der Waals surface area contributed by atoms with Crippen LogP contribution in [0.1, 0.15) is 32.9 Å². The number of rotatable bonds is 7. The van der Waals surface area contributed by atoms with E-state index in [1.165, 1.54) is 52.8 Å². The number of benzene rings is 3. The van der Waals surface area contributed by atoms with Crippen LogP contribution < -0.4 is 10.0 Å². The van der Waals surface area contributed by atoms with Crippen molar-refractivity contribution in [2.45, 2.75) is 36.6 Å². The topological polar surface area (TPSA) is 138 Å². The van der Waals surface area contributed by atoms with Gasteiger partial charge in [-0.1, -0.05) is 24.3 Å². The van der Waals surface area contributed by atoms with Crippen LogP contribution in [-0.4, -0.2) is 43.6 Å². The molecule has 4 aromatic rings. The van der Waals surface area contributed by atoms with Crippen molar-refractivity contribution < 1.29 is 21.6 Å². The summed E-state index contributed by atoms with van der Waals surface area (Å²) < 4.78 is 55.7. The van der Waals surface area contributed by atoms with Crippen molar-refractivity contribution in [2.24, 2.45) is 0 Å². The molecule has 0 fully saturated rings. The molecule has 0 saturated carbocycles. The van der Waals surface area contributed by atoms with Gasteiger partial charge in [-0.2, -0.15) is 4.31 Å². The molecule has 5 rings (SSSR count). The van der Waals surface area contributed by atoms with Gasteiger partial charge in [0.15, 0.2) is 0 Å². The molecule has 10 nitrogen and oxygen atoms in total. The number of nitrogens with zero attached hydrogens (tertiary/aromatic N) is 3. The Labute approximate surface area is 233 Å². The van der Waals surface area contributed by atoms with E-state index in [1.54, 1.807) is 19.9 Å². The molecular weight excluding hydrogens is 550 g/mol. The van der Waals surface area contributed by atoms with Crippen molar-refractivity contribution in [3.05, 3.63) is 107 Å². The number of hydrogen-bond donors (Lipinski definition) is 2. The molecule has 1 aromatic heterocycles. The maximum absolute atomic E-state index is 13.2. The zero-order chi connectivity index (χ0) is 28.5. The molecule has 0 unspecified atom stereocenters. The quantitative estimate of drug-likeness (QED) is 0.340. The standard InChI is InChI=1S/C28H27N5O5S2/c1-19-17-20(2)30-28(29-19)32-39(35,36)25-13-9-24(10-14-25)31-27(34)22-7-11-26(12-8-22)40(37,38)33-16-15-21-5-3-4-6-23(21)18-33/h3-14,17H,15-16,18H2,1-2H3,(H,31,34)(H,29,30,32). The lowest BCUT2D eigenvalue weighted by Crippen LogP contribution is -2.35. The molecule has 3 aromatic carbocycles. The number of sulfonamides is 2. The first-order valence-electron chi connectivity index (χ1n) is 12.4. The first-order valence-corrected chi connectivity index (χ1v) is 15.4. The van der Waals surface area contributed by atoms with Crippen LogP contribution in [-0.2, 0) is 33.0 Å². The Bertz CT molecular complexity index is 1770. The molecule has 12 heteroatoms. The van der Waals surface area contributed by atoms with Gasteiger partial charge in [0.25, 0.3) is 15.9 Å². The van der Waals surface area contributed by atoms with Crippen molar-refractivity contribution in [3.63, 3.8) is 0 Å². The molecule has 1 amide bonds. The average Bonchev–Trinajstić information content (AvgIpc) is 2.92. The molecule has 1 aliphatic rings. The third-order valence-corrected chi connectivity index (χ3v) is 9.68. The highest BCUT2D eigenvalue weighted by atomic mass is 32.2. The second kappa shape index (κ2) is 10.8. The fraction of sp³-hybridized carbons (Fsp3) is 0.179. The van der Waals surface area contributed by atoms with E-state index in [9.17, 15) is 21.6 Å². The molecule has 2 N–H and O–H groups in total. The van der Waals surface area contributed by atoms with E-state index in [4.69, 9.17) is 0 Å². The lowest BCUT2D eigenvalue weighted by Gasteiger charge is -2.28. The fourth-order valence-electron chi connectivity index (χ4n) is 4.47. The molecule has 0 atom stereocenters. The van der Waals surface area contributed by atoms with E-state index in [2.05, 4.69) is 20.0 Å². The summed E-state index contributed by atoms with van der Waals surface area (Å²) in [5.74, 6) is -0.487. The molecule has 0 aliphatic carbocycles. The van der Waals surface area contributed by atoms with Crippen molar-refractivity contribution >= 4 is 37.6 Å². The summed E-state index contributed by atoms with van der Waals surface area (Å²) in [5, 5.41) is 2.70. The van der Waals surface area contributed by atoms with Gasteiger partial charge in [-0.15, -0.1) is 0 Å². The maximum Gasteiger partial charge on any atom is 0.264 e. The predicted octanol–water partition coefficient (Wildman–Crippen LogP) is 3.89. The van der Waals surface area contributed by atoms with Crippen LogP contribution >= 0.6 is 0 Å². The minimum Gasteiger partial charge on any atom is -0.322 e. The van der Waals surface area contributed by atoms with Crippen molar-refractivity contribution in [3.8, 4) is 0 Å². The van der Waals surface area contributed by atoms with Gasteiger partial charge >= 0.3 is 0 Å². The van der Waals surface area contributed by atoms with Crippen LogP contribution in [0.5, 0.6) is 0 Å². The molecule has 0 spiro atoms. The van der Waals surface area contributed by atoms with Gasteiger partial charge in [-0.3, -0.25) is 4.79 Å². The normalized spacial score (nSPS) is 13.8. The molecule has 0 saturated heterocycles. The van der Waals surface area contributed by atoms with Crippen LogP contribution in [0.25, 0.3) is 0 Å². The monoisotopic (exact) mass is 577 g/mol. The highest BCUT2D eigenvalue weighted by Crippen LogP contribution is 2.25. The number of nitrogens with one attached hydrogen (secondary N) is 2. The first-order chi connectivity index (χ1) is 19.0. The molecule has 206 valence electrons. The summed E-state index contributed by atoms with van der Waals surface area (Å²) >= 11 is 0. The summed E-state index contributed by atoms with van der Waals surface area (Å²) in [7, 11) is -7.66. The Morgan fingerprint density at radius 1 is 0.800 bits per heavy atom. The summed E-state index contributed by atoms with van der Waals surface area (Å²) in [5.41, 5.74) is 4.03. The maximum atomic E-state index is 13.2. The largest absolute Gasteiger partial charge is 0.322 e. The van der Waals surface area contributed by atoms with Gasteiger partial charge in [0.2, 0.25) is 16.0 Å². The molecule has 2 heterocycles. The highest BCUT2D eigenvalue weighted by molar-refractivity contribution is 7.92. The summed E-state index contributed by atoms with van der Waals surface area (Å²) in [6, 6.07) is 20.9. The van der Waals surface area contributed by atoms with E-state index in [1.807, 2.05) is 24.3 Å². The lowest BCUT2D eigenvalue weighted by atomic mass is 10.0. The Kier molecular flexibility index (Phi) is 7.41. The van der Waals surface area contributed by atoms with Crippen LogP contribution in [0.4, 0.5) is 11.6 Å². The third-order valence-electron chi connectivity index (χ3n) is 6.48. The van der Waals surface area contributed by atoms with Gasteiger partial charge in [-0.25, -0.2) is 31.5 Å². The Hall–Kier alpha value is -4.13. The van der Waals surface area contributed by atoms with Gasteiger partial charge in [0.1, 0.15) is 0 Å². The smallest absolute Gasteiger partial charge is 0.264 e. The Morgan fingerprint density at radius 2 is 1.40 bits per heavy atom. The molecule has 0 radical (unpaired) electrons. The van der Waals surface area contributed by atoms with E-state index < -0.39 is 26.0 Å². The number of carbonyl (C=O) groups excluding carboxylic acids is 1. The van der Waals surface area contributed by atoms with Crippen molar-refractivity contribution in [2.75, 3.05) is 16.6 Å². The zero-order valence-electron chi connectivity index (χ0n) is 21.8. The van der Waals surface area contributed by atoms with Gasteiger partial charge < -0.3 is 5.32 Å². The van der Waals surface area contributed by atoms with Crippen molar-refractivity contribution in [1.82, 2.24) is 14.3 Å². The lowest BCUT2D eigenvalue weighted by molar-refractivity contribution is 0.102. The van der Waals surface area contributed by atoms with E-state index in [0.717, 1.165) is 11.1 Å². The second-order valence-electron chi connectivity index (χ2n) is 9.44. The molecular formula is C28H27N5O5S2. The summed E-state index contributed by atoms with van der Waals surface area (Å²) in [6.07, 6.45) is 0.644. The van der Waals surface area contributed by atoms with E-state index in [0.29, 0.717) is 36.6 Å². The minimum atomic E-state index is -3.94. The molecule has 1 aliphatic heterocycles. The first kappa shape index (κ1) is 27.4. The third kappa shape index (κ3) is 5.88. The van der Waals surface area contributed by atoms with Gasteiger partial charge in [0, 0.05) is 35.7 Å². The van der Waals surface area contributed by atoms with E-state index in [-0.39, 0.29) is 21.3 Å². The van der Waals surface area contributed by atoms with Crippen LogP contribution in [0.2, 0.25) is 0 Å². The van der Waals surface area contributed by atoms with Crippen LogP contribution in [0, 0.1) is 13.8 Å². The van der Waals surface area contributed by atoms with Crippen LogP contribution in [0.15, 0.2) is 88.7 Å². The minimum absolute atomic E-state index is 0.0227. The number of hydrogen-bond acceptors (Lipinski definition) is 7. The summed E-state index contributed by atoms with van der Waals surface area (Å²) in [6.45, 7) is 4.18. The van der Waals surface area contributed by atoms with Crippen molar-refractivity contribution in [1.29, 1.82) is 0 Å². The van der Waals surface area contributed by atoms with E-state index >= 15 is 0 Å². The van der Waals surface area contributed by atoms with Gasteiger partial charge in [0.05, 0.1) is 9.79 Å². The predicted molar refractivity (Wildman–Crippen MR) is 151 cm³/mol. The van der Waals surface area contributed by atoms with Crippen LogP contribution in [0.3, 0.4) is 0 Å². The SMILES string of the molecule is Cc1cc(C)nc(NS(=O)(=O)c2ccc(NC(=O)c3ccc(S(=O)(=O)N4CCc5ccccc5C4)cc3)cc2)n1. The number of fused-ring (bicyclic) bond motifs is 1. The number of carbonyl (C=O) groups is 1. The number of aromatic nitrogens is 2. The Morgan fingerprint density at radius 3 is 2.05 bits per heavy atom. The second-order valence-corrected chi connectivity index (χ2v) is 13.1. The number of anilines is 2. The number of amides is 1.